The number of amides is 2. The molecule has 0 radical (unpaired) electrons. The molecule has 0 spiro atoms. The third-order valence-corrected chi connectivity index (χ3v) is 4.53. The molecular weight excluding hydrogens is 228 g/mol. The molecule has 4 heteroatoms. The highest BCUT2D eigenvalue weighted by atomic mass is 16.2. The highest BCUT2D eigenvalue weighted by molar-refractivity contribution is 6.07. The van der Waals surface area contributed by atoms with Crippen molar-refractivity contribution < 1.29 is 9.59 Å². The van der Waals surface area contributed by atoms with Gasteiger partial charge in [-0.2, -0.15) is 5.26 Å². The Labute approximate surface area is 106 Å². The van der Waals surface area contributed by atoms with Gasteiger partial charge in [0.15, 0.2) is 0 Å². The van der Waals surface area contributed by atoms with Crippen molar-refractivity contribution in [2.45, 2.75) is 32.2 Å². The Morgan fingerprint density at radius 3 is 2.33 bits per heavy atom. The van der Waals surface area contributed by atoms with Gasteiger partial charge in [0, 0.05) is 0 Å². The summed E-state index contributed by atoms with van der Waals surface area (Å²) in [6.07, 6.45) is 6.46. The fraction of sp³-hybridized carbons (Fsp3) is 0.643. The predicted octanol–water partition coefficient (Wildman–Crippen LogP) is 1.49. The van der Waals surface area contributed by atoms with Crippen LogP contribution in [-0.2, 0) is 9.59 Å². The average molecular weight is 244 g/mol. The van der Waals surface area contributed by atoms with E-state index in [4.69, 9.17) is 5.26 Å². The zero-order valence-electron chi connectivity index (χ0n) is 10.4. The van der Waals surface area contributed by atoms with E-state index in [0.717, 1.165) is 12.8 Å². The molecule has 2 bridgehead atoms. The third kappa shape index (κ3) is 1.30. The summed E-state index contributed by atoms with van der Waals surface area (Å²) in [6.45, 7) is 1.96. The van der Waals surface area contributed by atoms with Gasteiger partial charge >= 0.3 is 0 Å². The standard InChI is InChI=1S/C14H16N2O2/c1-2-3-10(7-15)16-13(17)11-8-4-5-9(6-8)12(11)14(16)18/h4-5,8-12H,2-3,6H2,1H3. The molecule has 94 valence electrons. The van der Waals surface area contributed by atoms with Crippen LogP contribution in [-0.4, -0.2) is 22.8 Å². The summed E-state index contributed by atoms with van der Waals surface area (Å²) >= 11 is 0. The fourth-order valence-corrected chi connectivity index (χ4v) is 3.76. The zero-order valence-corrected chi connectivity index (χ0v) is 10.4. The Bertz CT molecular complexity index is 447. The molecule has 0 aromatic rings. The van der Waals surface area contributed by atoms with E-state index in [0.29, 0.717) is 6.42 Å². The van der Waals surface area contributed by atoms with Crippen molar-refractivity contribution >= 4 is 11.8 Å². The van der Waals surface area contributed by atoms with E-state index < -0.39 is 6.04 Å². The average Bonchev–Trinajstić information content (AvgIpc) is 3.02. The normalized spacial score (nSPS) is 38.1. The molecule has 2 fully saturated rings. The van der Waals surface area contributed by atoms with E-state index in [2.05, 4.69) is 18.2 Å². The van der Waals surface area contributed by atoms with Crippen molar-refractivity contribution in [1.82, 2.24) is 4.90 Å². The number of allylic oxidation sites excluding steroid dienone is 2. The van der Waals surface area contributed by atoms with Crippen LogP contribution in [0, 0.1) is 35.0 Å². The molecule has 3 rings (SSSR count). The number of likely N-dealkylation sites (tertiary alicyclic amines) is 1. The van der Waals surface area contributed by atoms with Crippen LogP contribution < -0.4 is 0 Å². The van der Waals surface area contributed by atoms with Crippen molar-refractivity contribution in [3.63, 3.8) is 0 Å². The van der Waals surface area contributed by atoms with E-state index in [1.807, 2.05) is 6.92 Å². The minimum Gasteiger partial charge on any atom is -0.274 e. The van der Waals surface area contributed by atoms with Gasteiger partial charge in [-0.25, -0.2) is 0 Å². The largest absolute Gasteiger partial charge is 0.274 e. The Kier molecular flexibility index (Phi) is 2.51. The van der Waals surface area contributed by atoms with Gasteiger partial charge in [-0.1, -0.05) is 25.5 Å². The van der Waals surface area contributed by atoms with Crippen molar-refractivity contribution in [1.29, 1.82) is 5.26 Å². The Balaban J connectivity index is 1.90. The van der Waals surface area contributed by atoms with Crippen molar-refractivity contribution in [3.8, 4) is 6.07 Å². The first kappa shape index (κ1) is 11.5. The summed E-state index contributed by atoms with van der Waals surface area (Å²) in [5.74, 6) is -0.131. The van der Waals surface area contributed by atoms with Crippen LogP contribution in [0.5, 0.6) is 0 Å². The van der Waals surface area contributed by atoms with Gasteiger partial charge in [0.1, 0.15) is 6.04 Å². The molecule has 0 aromatic carbocycles. The molecule has 2 aliphatic carbocycles. The molecule has 0 N–H and O–H groups in total. The quantitative estimate of drug-likeness (QED) is 0.558. The molecule has 1 aliphatic heterocycles. The highest BCUT2D eigenvalue weighted by Gasteiger charge is 2.60. The molecular formula is C14H16N2O2. The molecule has 5 unspecified atom stereocenters. The lowest BCUT2D eigenvalue weighted by Crippen LogP contribution is -2.41. The summed E-state index contributed by atoms with van der Waals surface area (Å²) < 4.78 is 0. The lowest BCUT2D eigenvalue weighted by Gasteiger charge is -2.21. The Morgan fingerprint density at radius 1 is 1.33 bits per heavy atom. The van der Waals surface area contributed by atoms with Gasteiger partial charge in [0.2, 0.25) is 11.8 Å². The van der Waals surface area contributed by atoms with Crippen LogP contribution in [0.4, 0.5) is 0 Å². The summed E-state index contributed by atoms with van der Waals surface area (Å²) in [5.41, 5.74) is 0. The van der Waals surface area contributed by atoms with E-state index >= 15 is 0 Å². The monoisotopic (exact) mass is 244 g/mol. The molecule has 2 amide bonds. The summed E-state index contributed by atoms with van der Waals surface area (Å²) in [4.78, 5) is 26.0. The number of hydrogen-bond donors (Lipinski definition) is 0. The van der Waals surface area contributed by atoms with Crippen LogP contribution in [0.2, 0.25) is 0 Å². The van der Waals surface area contributed by atoms with E-state index in [-0.39, 0.29) is 35.5 Å². The van der Waals surface area contributed by atoms with Crippen molar-refractivity contribution in [3.05, 3.63) is 12.2 Å². The highest BCUT2D eigenvalue weighted by Crippen LogP contribution is 2.52. The van der Waals surface area contributed by atoms with Crippen LogP contribution in [0.15, 0.2) is 12.2 Å². The molecule has 1 heterocycles. The first-order valence-electron chi connectivity index (χ1n) is 6.64. The van der Waals surface area contributed by atoms with Gasteiger partial charge in [-0.05, 0) is 24.7 Å². The molecule has 0 aromatic heterocycles. The van der Waals surface area contributed by atoms with Crippen LogP contribution in [0.1, 0.15) is 26.2 Å². The number of carbonyl (C=O) groups excluding carboxylic acids is 2. The number of hydrogen-bond acceptors (Lipinski definition) is 3. The molecule has 1 saturated heterocycles. The van der Waals surface area contributed by atoms with Crippen LogP contribution in [0.25, 0.3) is 0 Å². The summed E-state index contributed by atoms with van der Waals surface area (Å²) in [5, 5.41) is 9.15. The summed E-state index contributed by atoms with van der Waals surface area (Å²) in [7, 11) is 0. The lowest BCUT2D eigenvalue weighted by molar-refractivity contribution is -0.142. The number of nitrogens with zero attached hydrogens (tertiary/aromatic N) is 2. The smallest absolute Gasteiger partial charge is 0.234 e. The predicted molar refractivity (Wildman–Crippen MR) is 63.9 cm³/mol. The van der Waals surface area contributed by atoms with E-state index in [9.17, 15) is 9.59 Å². The lowest BCUT2D eigenvalue weighted by atomic mass is 9.85. The van der Waals surface area contributed by atoms with Crippen molar-refractivity contribution in [2.75, 3.05) is 0 Å². The molecule has 3 aliphatic rings. The molecule has 5 atom stereocenters. The SMILES string of the molecule is CCCC(C#N)N1C(=O)C2C3C=CC(C3)C2C1=O. The Hall–Kier alpha value is -1.63. The maximum Gasteiger partial charge on any atom is 0.234 e. The zero-order chi connectivity index (χ0) is 12.9. The number of rotatable bonds is 3. The Morgan fingerprint density at radius 2 is 1.89 bits per heavy atom. The van der Waals surface area contributed by atoms with Crippen molar-refractivity contribution in [2.24, 2.45) is 23.7 Å². The van der Waals surface area contributed by atoms with Gasteiger partial charge < -0.3 is 0 Å². The number of nitriles is 1. The second kappa shape index (κ2) is 3.94. The topological polar surface area (TPSA) is 61.2 Å². The minimum atomic E-state index is -0.569. The van der Waals surface area contributed by atoms with Gasteiger partial charge in [0.25, 0.3) is 0 Å². The second-order valence-electron chi connectivity index (χ2n) is 5.48. The maximum absolute atomic E-state index is 12.4. The first-order chi connectivity index (χ1) is 8.69. The number of fused-ring (bicyclic) bond motifs is 5. The van der Waals surface area contributed by atoms with E-state index in [1.165, 1.54) is 4.90 Å². The molecule has 18 heavy (non-hydrogen) atoms. The number of carbonyl (C=O) groups is 2. The van der Waals surface area contributed by atoms with Gasteiger partial charge in [0.05, 0.1) is 17.9 Å². The summed E-state index contributed by atoms with van der Waals surface area (Å²) in [6, 6.07) is 1.54. The first-order valence-corrected chi connectivity index (χ1v) is 6.64. The molecule has 1 saturated carbocycles. The van der Waals surface area contributed by atoms with Gasteiger partial charge in [-0.3, -0.25) is 14.5 Å². The minimum absolute atomic E-state index is 0.109. The molecule has 4 nitrogen and oxygen atoms in total. The second-order valence-corrected chi connectivity index (χ2v) is 5.48. The van der Waals surface area contributed by atoms with Crippen LogP contribution in [0.3, 0.4) is 0 Å². The van der Waals surface area contributed by atoms with E-state index in [1.54, 1.807) is 0 Å². The van der Waals surface area contributed by atoms with Crippen LogP contribution >= 0.6 is 0 Å². The third-order valence-electron chi connectivity index (χ3n) is 4.53. The van der Waals surface area contributed by atoms with Gasteiger partial charge in [-0.15, -0.1) is 0 Å². The number of imide groups is 1. The fourth-order valence-electron chi connectivity index (χ4n) is 3.76. The maximum atomic E-state index is 12.4.